The number of hydrogen-bond donors (Lipinski definition) is 20. The molecule has 5 aromatic carbocycles. The molecule has 0 spiro atoms. The largest absolute Gasteiger partial charge is 0.508 e. The Morgan fingerprint density at radius 1 is 0.712 bits per heavy atom. The fraction of sp³-hybridized carbons (Fsp3) is 0.418. The zero-order valence-electron chi connectivity index (χ0n) is 55.6. The average molecular weight is 1490 g/mol. The molecule has 556 valence electrons. The fourth-order valence-corrected chi connectivity index (χ4v) is 13.7. The van der Waals surface area contributed by atoms with Crippen LogP contribution in [0.3, 0.4) is 0 Å². The van der Waals surface area contributed by atoms with Gasteiger partial charge in [-0.15, -0.1) is 0 Å². The Bertz CT molecular complexity index is 4290. The third-order valence-electron chi connectivity index (χ3n) is 18.7. The molecule has 13 rings (SSSR count). The minimum atomic E-state index is -2.37. The van der Waals surface area contributed by atoms with Gasteiger partial charge in [-0.05, 0) is 110 Å². The molecule has 3 saturated heterocycles. The maximum Gasteiger partial charge on any atom is 0.330 e. The monoisotopic (exact) mass is 1490 g/mol. The first-order chi connectivity index (χ1) is 49.1. The fourth-order valence-electron chi connectivity index (χ4n) is 13.3. The molecule has 37 heteroatoms. The van der Waals surface area contributed by atoms with Crippen LogP contribution >= 0.6 is 23.2 Å². The SMILES string of the molecule is CNC(CC(C)C)C(=O)NC1C(=O)NC(CC(N)=O)C(=O)NC2C(=O)NC3C(=O)NC(C(=O)NC(C(=O)O)c4cc(O)cc(O)c4-c4cc3ccc4O)C(OC3CC4(C)NC(=O)NC4(O)C(C)O3)c3ccc(c(Cl)c3)Oc3cc2cc(c3OC2OC(CO)C(O)C(O)C2O)Oc2ccc(cc2Cl)C1O. The number of carbonyl (C=O) groups excluding carboxylic acids is 8. The van der Waals surface area contributed by atoms with Gasteiger partial charge in [-0.25, -0.2) is 9.59 Å². The molecule has 18 atom stereocenters. The second-order valence-corrected chi connectivity index (χ2v) is 27.2. The molecule has 18 unspecified atom stereocenters. The minimum absolute atomic E-state index is 0.103. The molecule has 5 aromatic rings. The van der Waals surface area contributed by atoms with Gasteiger partial charge in [-0.2, -0.15) is 0 Å². The van der Waals surface area contributed by atoms with E-state index >= 15 is 19.2 Å². The predicted octanol–water partition coefficient (Wildman–Crippen LogP) is -0.212. The summed E-state index contributed by atoms with van der Waals surface area (Å²) in [7, 11) is 1.47. The van der Waals surface area contributed by atoms with Crippen molar-refractivity contribution >= 4 is 76.6 Å². The second kappa shape index (κ2) is 29.7. The van der Waals surface area contributed by atoms with Crippen molar-refractivity contribution in [1.82, 2.24) is 47.9 Å². The number of nitrogens with two attached hydrogens (primary N) is 1. The summed E-state index contributed by atoms with van der Waals surface area (Å²) in [5.41, 5.74) is -0.867. The standard InChI is InChI=1S/C67H74Cl2N10O25/c1-23(2)12-34(71-5)57(89)76-49-51(85)26-7-10-38(32(68)14-26)100-40-16-28-17-41(56(40)104-64-54(88)53(87)52(86)42(22-80)102-64)101-39-11-8-27(15-33(39)69)55(103-44-21-66(4)67(98,24(3)99-44)79-65(97)78-66)50-62(94)75-48(63(95)96)31-18-29(81)19-37(83)45(31)30-13-25(6-9-36(30)82)46(59(91)77-50)74-60(92)47(28)73-58(90)35(20-43(70)84)72-61(49)93/h6-11,13-19,23-24,34-35,42,44,46-55,64,71,80-83,85-88,98H,12,20-22H2,1-5H3,(H2,70,84)(H,72,93)(H,73,90)(H,74,92)(H,75,94)(H,76,89)(H,77,91)(H,95,96)(H2,78,79,97). The predicted molar refractivity (Wildman–Crippen MR) is 356 cm³/mol. The molecule has 8 aliphatic heterocycles. The summed E-state index contributed by atoms with van der Waals surface area (Å²) in [4.78, 5) is 132. The third-order valence-corrected chi connectivity index (χ3v) is 19.3. The van der Waals surface area contributed by atoms with E-state index in [0.717, 1.165) is 60.7 Å². The van der Waals surface area contributed by atoms with Gasteiger partial charge in [0, 0.05) is 29.2 Å². The number of carbonyl (C=O) groups is 9. The van der Waals surface area contributed by atoms with E-state index in [1.54, 1.807) is 0 Å². The molecule has 0 aliphatic carbocycles. The molecular weight excluding hydrogens is 1420 g/mol. The Kier molecular flexibility index (Phi) is 21.5. The Morgan fingerprint density at radius 3 is 1.96 bits per heavy atom. The second-order valence-electron chi connectivity index (χ2n) is 26.4. The van der Waals surface area contributed by atoms with E-state index in [2.05, 4.69) is 47.9 Å². The smallest absolute Gasteiger partial charge is 0.330 e. The van der Waals surface area contributed by atoms with Crippen LogP contribution in [0.25, 0.3) is 11.1 Å². The number of carboxylic acids is 1. The average Bonchev–Trinajstić information content (AvgIpc) is 1.52. The molecule has 11 bridgehead atoms. The first-order valence-corrected chi connectivity index (χ1v) is 33.2. The molecule has 3 fully saturated rings. The number of fused-ring (bicyclic) bond motifs is 16. The number of benzene rings is 5. The first-order valence-electron chi connectivity index (χ1n) is 32.4. The summed E-state index contributed by atoms with van der Waals surface area (Å²) < 4.78 is 38.2. The van der Waals surface area contributed by atoms with Crippen molar-refractivity contribution in [3.05, 3.63) is 117 Å². The first kappa shape index (κ1) is 75.3. The summed E-state index contributed by atoms with van der Waals surface area (Å²) in [6, 6.07) is -1.60. The van der Waals surface area contributed by atoms with Gasteiger partial charge in [0.25, 0.3) is 0 Å². The van der Waals surface area contributed by atoms with E-state index in [1.165, 1.54) is 39.1 Å². The number of primary amides is 1. The van der Waals surface area contributed by atoms with E-state index in [4.69, 9.17) is 57.4 Å². The topological polar surface area (TPSA) is 546 Å². The zero-order chi connectivity index (χ0) is 75.5. The van der Waals surface area contributed by atoms with E-state index < -0.39 is 249 Å². The molecule has 8 heterocycles. The van der Waals surface area contributed by atoms with Crippen LogP contribution in [0.4, 0.5) is 4.79 Å². The number of phenolic OH excluding ortho intramolecular Hbond substituents is 3. The highest BCUT2D eigenvalue weighted by atomic mass is 35.5. The number of aliphatic carboxylic acids is 1. The minimum Gasteiger partial charge on any atom is -0.508 e. The lowest BCUT2D eigenvalue weighted by Gasteiger charge is -2.48. The van der Waals surface area contributed by atoms with Crippen molar-refractivity contribution in [2.45, 2.75) is 156 Å². The molecule has 9 amide bonds. The van der Waals surface area contributed by atoms with Gasteiger partial charge in [0.05, 0.1) is 34.7 Å². The number of aromatic hydroxyl groups is 3. The lowest BCUT2D eigenvalue weighted by molar-refractivity contribution is -0.287. The quantitative estimate of drug-likeness (QED) is 0.0725. The summed E-state index contributed by atoms with van der Waals surface area (Å²) >= 11 is 14.3. The molecule has 104 heavy (non-hydrogen) atoms. The van der Waals surface area contributed by atoms with Gasteiger partial charge in [0.2, 0.25) is 53.4 Å². The van der Waals surface area contributed by atoms with Crippen molar-refractivity contribution in [1.29, 1.82) is 0 Å². The summed E-state index contributed by atoms with van der Waals surface area (Å²) in [5.74, 6) is -16.3. The van der Waals surface area contributed by atoms with Crippen LogP contribution in [-0.4, -0.2) is 197 Å². The van der Waals surface area contributed by atoms with Crippen molar-refractivity contribution in [3.8, 4) is 57.1 Å². The summed E-state index contributed by atoms with van der Waals surface area (Å²) in [6.07, 6.45) is -18.4. The Labute approximate surface area is 599 Å². The van der Waals surface area contributed by atoms with E-state index in [0.29, 0.717) is 0 Å². The van der Waals surface area contributed by atoms with Crippen molar-refractivity contribution in [2.75, 3.05) is 13.7 Å². The molecule has 0 aromatic heterocycles. The maximum atomic E-state index is 16.2. The van der Waals surface area contributed by atoms with Crippen LogP contribution in [0.1, 0.15) is 105 Å². The molecule has 0 radical (unpaired) electrons. The van der Waals surface area contributed by atoms with Gasteiger partial charge in [-0.1, -0.05) is 55.2 Å². The number of hydrogen-bond acceptors (Lipinski definition) is 25. The van der Waals surface area contributed by atoms with Gasteiger partial charge in [0.15, 0.2) is 29.6 Å². The number of likely N-dealkylation sites (N-methyl/N-ethyl adjacent to an activating group) is 1. The number of nitrogens with one attached hydrogen (secondary N) is 9. The Morgan fingerprint density at radius 2 is 1.34 bits per heavy atom. The number of amides is 9. The number of aliphatic hydroxyl groups excluding tert-OH is 5. The number of ether oxygens (including phenoxy) is 6. The van der Waals surface area contributed by atoms with E-state index in [1.807, 2.05) is 13.8 Å². The highest BCUT2D eigenvalue weighted by molar-refractivity contribution is 6.32. The number of halogens is 2. The van der Waals surface area contributed by atoms with Gasteiger partial charge >= 0.3 is 12.0 Å². The van der Waals surface area contributed by atoms with Crippen LogP contribution in [0.2, 0.25) is 10.0 Å². The van der Waals surface area contributed by atoms with E-state index in [9.17, 15) is 75.0 Å². The number of phenols is 3. The number of urea groups is 1. The van der Waals surface area contributed by atoms with Crippen LogP contribution in [0, 0.1) is 5.92 Å². The van der Waals surface area contributed by atoms with Gasteiger partial charge < -0.3 is 133 Å². The molecule has 35 nitrogen and oxygen atoms in total. The Balaban J connectivity index is 1.18. The summed E-state index contributed by atoms with van der Waals surface area (Å²) in [6.45, 7) is 5.46. The molecule has 8 aliphatic rings. The number of aliphatic hydroxyl groups is 6. The van der Waals surface area contributed by atoms with Crippen LogP contribution in [0.5, 0.6) is 46.0 Å². The van der Waals surface area contributed by atoms with Gasteiger partial charge in [0.1, 0.15) is 102 Å². The molecule has 21 N–H and O–H groups in total. The van der Waals surface area contributed by atoms with Crippen molar-refractivity contribution in [2.24, 2.45) is 11.7 Å². The highest BCUT2D eigenvalue weighted by Gasteiger charge is 2.63. The third kappa shape index (κ3) is 14.8. The normalized spacial score (nSPS) is 30.0. The maximum absolute atomic E-state index is 16.2. The number of rotatable bonds is 13. The lowest BCUT2D eigenvalue weighted by Crippen LogP contribution is -2.70. The summed E-state index contributed by atoms with van der Waals surface area (Å²) in [5, 5.41) is 135. The highest BCUT2D eigenvalue weighted by Crippen LogP contribution is 2.50. The van der Waals surface area contributed by atoms with Crippen molar-refractivity contribution < 1.29 is 123 Å². The Hall–Kier alpha value is -9.89. The molecule has 0 saturated carbocycles. The van der Waals surface area contributed by atoms with Crippen LogP contribution in [-0.2, 0) is 52.6 Å². The lowest BCUT2D eigenvalue weighted by atomic mass is 9.81. The zero-order valence-corrected chi connectivity index (χ0v) is 57.1. The van der Waals surface area contributed by atoms with Crippen molar-refractivity contribution in [3.63, 3.8) is 0 Å². The number of carboxylic acid groups (broad SMARTS) is 1. The van der Waals surface area contributed by atoms with Crippen LogP contribution < -0.4 is 67.8 Å². The van der Waals surface area contributed by atoms with Gasteiger partial charge in [-0.3, -0.25) is 33.6 Å². The molecular formula is C67H74Cl2N10O25. The van der Waals surface area contributed by atoms with Crippen LogP contribution in [0.15, 0.2) is 78.9 Å². The van der Waals surface area contributed by atoms with E-state index in [-0.39, 0.29) is 39.8 Å².